The molecule has 0 spiro atoms. The number of carbonyl (C=O) groups excluding carboxylic acids is 2. The third-order valence-corrected chi connectivity index (χ3v) is 5.88. The molecule has 0 N–H and O–H groups in total. The number of aliphatic imine (C=N–C) groups is 2. The second-order valence-corrected chi connectivity index (χ2v) is 8.48. The average molecular weight is 446 g/mol. The smallest absolute Gasteiger partial charge is 0.193 e. The highest BCUT2D eigenvalue weighted by Gasteiger charge is 2.19. The predicted octanol–water partition coefficient (Wildman–Crippen LogP) is 4.84. The van der Waals surface area contributed by atoms with E-state index in [1.807, 2.05) is 73.7 Å². The second-order valence-electron chi connectivity index (χ2n) is 8.48. The van der Waals surface area contributed by atoms with Crippen molar-refractivity contribution in [3.05, 3.63) is 118 Å². The monoisotopic (exact) mass is 445 g/mol. The minimum atomic E-state index is -0.0662. The summed E-state index contributed by atoms with van der Waals surface area (Å²) in [4.78, 5) is 38.9. The van der Waals surface area contributed by atoms with Crippen molar-refractivity contribution < 1.29 is 9.59 Å². The highest BCUT2D eigenvalue weighted by Crippen LogP contribution is 2.23. The van der Waals surface area contributed by atoms with Crippen LogP contribution in [0.1, 0.15) is 45.2 Å². The fraction of sp³-hybridized carbons (Fsp3) is 0.138. The van der Waals surface area contributed by atoms with E-state index >= 15 is 0 Å². The number of fused-ring (bicyclic) bond motifs is 1. The van der Waals surface area contributed by atoms with Crippen LogP contribution in [0, 0.1) is 0 Å². The predicted molar refractivity (Wildman–Crippen MR) is 135 cm³/mol. The molecule has 0 radical (unpaired) electrons. The number of aromatic nitrogens is 1. The zero-order chi connectivity index (χ0) is 23.5. The average Bonchev–Trinajstić information content (AvgIpc) is 3.49. The first-order chi connectivity index (χ1) is 16.6. The molecule has 0 bridgehead atoms. The zero-order valence-corrected chi connectivity index (χ0v) is 18.9. The van der Waals surface area contributed by atoms with Gasteiger partial charge in [-0.05, 0) is 66.1 Å². The van der Waals surface area contributed by atoms with Gasteiger partial charge in [0.2, 0.25) is 0 Å². The molecule has 0 amide bonds. The zero-order valence-electron chi connectivity index (χ0n) is 18.9. The first-order valence-electron chi connectivity index (χ1n) is 11.2. The van der Waals surface area contributed by atoms with Crippen LogP contribution < -0.4 is 0 Å². The minimum Gasteiger partial charge on any atom is -0.292 e. The molecule has 5 heteroatoms. The molecule has 166 valence electrons. The maximum atomic E-state index is 13.2. The van der Waals surface area contributed by atoms with E-state index in [1.165, 1.54) is 0 Å². The Bertz CT molecular complexity index is 1410. The van der Waals surface area contributed by atoms with Crippen molar-refractivity contribution in [1.29, 1.82) is 0 Å². The van der Waals surface area contributed by atoms with Gasteiger partial charge < -0.3 is 0 Å². The molecule has 0 aliphatic carbocycles. The molecule has 2 aromatic carbocycles. The fourth-order valence-electron chi connectivity index (χ4n) is 4.12. The van der Waals surface area contributed by atoms with Gasteiger partial charge in [0.05, 0.1) is 24.5 Å². The Morgan fingerprint density at radius 3 is 2.59 bits per heavy atom. The minimum absolute atomic E-state index is 0.0255. The van der Waals surface area contributed by atoms with Gasteiger partial charge in [0.25, 0.3) is 0 Å². The molecule has 0 atom stereocenters. The Morgan fingerprint density at radius 1 is 0.912 bits per heavy atom. The van der Waals surface area contributed by atoms with Gasteiger partial charge in [-0.1, -0.05) is 36.4 Å². The molecule has 3 heterocycles. The normalized spacial score (nSPS) is 14.6. The molecule has 0 fully saturated rings. The summed E-state index contributed by atoms with van der Waals surface area (Å²) >= 11 is 0. The molecule has 0 saturated carbocycles. The number of allylic oxidation sites excluding steroid dienone is 2. The molecule has 0 saturated heterocycles. The Kier molecular flexibility index (Phi) is 5.91. The molecular weight excluding hydrogens is 422 g/mol. The van der Waals surface area contributed by atoms with Crippen molar-refractivity contribution in [3.63, 3.8) is 0 Å². The third-order valence-electron chi connectivity index (χ3n) is 5.88. The number of rotatable bonds is 7. The molecule has 5 rings (SSSR count). The van der Waals surface area contributed by atoms with Crippen molar-refractivity contribution in [2.45, 2.75) is 19.9 Å². The standard InChI is InChI=1S/C29H23N3O2/c1-19-13-27(31-17-19)28(33)15-20-5-4-6-21(14-20)29(34)22-8-10-25-23(16-22)18-32-26(25)11-9-24-7-2-3-12-30-24/h2-14,16H,15,17-18H2,1H3/b11-9+. The van der Waals surface area contributed by atoms with Crippen LogP contribution in [0.3, 0.4) is 0 Å². The number of nitrogens with zero attached hydrogens (tertiary/aromatic N) is 3. The van der Waals surface area contributed by atoms with Gasteiger partial charge in [-0.15, -0.1) is 0 Å². The van der Waals surface area contributed by atoms with Crippen LogP contribution in [0.2, 0.25) is 0 Å². The summed E-state index contributed by atoms with van der Waals surface area (Å²) < 4.78 is 0. The maximum Gasteiger partial charge on any atom is 0.193 e. The third kappa shape index (κ3) is 4.59. The molecular formula is C29H23N3O2. The van der Waals surface area contributed by atoms with Gasteiger partial charge in [0.15, 0.2) is 11.6 Å². The summed E-state index contributed by atoms with van der Waals surface area (Å²) in [6.45, 7) is 3.09. The van der Waals surface area contributed by atoms with Crippen LogP contribution in [-0.4, -0.2) is 34.5 Å². The Labute approximate surface area is 198 Å². The van der Waals surface area contributed by atoms with Crippen LogP contribution in [0.4, 0.5) is 0 Å². The van der Waals surface area contributed by atoms with Crippen molar-refractivity contribution in [2.24, 2.45) is 9.98 Å². The SMILES string of the molecule is CC1=CC(C(=O)Cc2cccc(C(=O)c3ccc4c(c3)CN=C4/C=C/c3ccccn3)c2)=NC1. The van der Waals surface area contributed by atoms with Crippen LogP contribution in [-0.2, 0) is 17.8 Å². The van der Waals surface area contributed by atoms with Crippen molar-refractivity contribution >= 4 is 29.1 Å². The summed E-state index contributed by atoms with van der Waals surface area (Å²) in [6, 6.07) is 18.8. The number of carbonyl (C=O) groups is 2. The molecule has 3 aromatic rings. The van der Waals surface area contributed by atoms with Gasteiger partial charge in [0, 0.05) is 29.3 Å². The Balaban J connectivity index is 1.31. The lowest BCUT2D eigenvalue weighted by Crippen LogP contribution is -2.13. The van der Waals surface area contributed by atoms with Crippen LogP contribution in [0.5, 0.6) is 0 Å². The summed E-state index contributed by atoms with van der Waals surface area (Å²) in [5.74, 6) is -0.0917. The van der Waals surface area contributed by atoms with E-state index in [9.17, 15) is 9.59 Å². The number of hydrogen-bond donors (Lipinski definition) is 0. The van der Waals surface area contributed by atoms with Gasteiger partial charge >= 0.3 is 0 Å². The number of pyridine rings is 1. The van der Waals surface area contributed by atoms with Gasteiger partial charge in [0.1, 0.15) is 5.71 Å². The van der Waals surface area contributed by atoms with E-state index in [1.54, 1.807) is 18.3 Å². The highest BCUT2D eigenvalue weighted by atomic mass is 16.1. The van der Waals surface area contributed by atoms with Crippen LogP contribution >= 0.6 is 0 Å². The first kappa shape index (κ1) is 21.6. The summed E-state index contributed by atoms with van der Waals surface area (Å²) in [5, 5.41) is 0. The van der Waals surface area contributed by atoms with Crippen molar-refractivity contribution in [2.75, 3.05) is 6.54 Å². The van der Waals surface area contributed by atoms with Gasteiger partial charge in [-0.2, -0.15) is 0 Å². The molecule has 5 nitrogen and oxygen atoms in total. The van der Waals surface area contributed by atoms with E-state index in [4.69, 9.17) is 0 Å². The van der Waals surface area contributed by atoms with Crippen LogP contribution in [0.15, 0.2) is 94.6 Å². The molecule has 2 aliphatic heterocycles. The number of ketones is 2. The largest absolute Gasteiger partial charge is 0.292 e. The second kappa shape index (κ2) is 9.32. The number of Topliss-reactive ketones (excluding diaryl/α,β-unsaturated/α-hetero) is 1. The lowest BCUT2D eigenvalue weighted by Gasteiger charge is -2.07. The Hall–Kier alpha value is -4.25. The van der Waals surface area contributed by atoms with E-state index in [0.717, 1.165) is 33.7 Å². The molecule has 0 unspecified atom stereocenters. The van der Waals surface area contributed by atoms with E-state index in [0.29, 0.717) is 29.9 Å². The van der Waals surface area contributed by atoms with Crippen LogP contribution in [0.25, 0.3) is 6.08 Å². The summed E-state index contributed by atoms with van der Waals surface area (Å²) in [7, 11) is 0. The van der Waals surface area contributed by atoms with E-state index < -0.39 is 0 Å². The molecule has 1 aromatic heterocycles. The maximum absolute atomic E-state index is 13.2. The summed E-state index contributed by atoms with van der Waals surface area (Å²) in [5.41, 5.74) is 7.41. The van der Waals surface area contributed by atoms with Gasteiger partial charge in [-0.3, -0.25) is 24.6 Å². The quantitative estimate of drug-likeness (QED) is 0.489. The number of hydrogen-bond acceptors (Lipinski definition) is 5. The highest BCUT2D eigenvalue weighted by molar-refractivity contribution is 6.45. The van der Waals surface area contributed by atoms with Crippen molar-refractivity contribution in [1.82, 2.24) is 4.98 Å². The lowest BCUT2D eigenvalue weighted by molar-refractivity contribution is -0.112. The first-order valence-corrected chi connectivity index (χ1v) is 11.2. The fourth-order valence-corrected chi connectivity index (χ4v) is 4.12. The topological polar surface area (TPSA) is 71.8 Å². The molecule has 34 heavy (non-hydrogen) atoms. The van der Waals surface area contributed by atoms with E-state index in [2.05, 4.69) is 15.0 Å². The van der Waals surface area contributed by atoms with Gasteiger partial charge in [-0.25, -0.2) is 0 Å². The van der Waals surface area contributed by atoms with E-state index in [-0.39, 0.29) is 18.0 Å². The van der Waals surface area contributed by atoms with Crippen molar-refractivity contribution in [3.8, 4) is 0 Å². The summed E-state index contributed by atoms with van der Waals surface area (Å²) in [6.07, 6.45) is 7.72. The molecule has 2 aliphatic rings. The lowest BCUT2D eigenvalue weighted by atomic mass is 9.95. The number of benzene rings is 2. The Morgan fingerprint density at radius 2 is 1.79 bits per heavy atom.